The van der Waals surface area contributed by atoms with E-state index in [1.165, 1.54) is 6.42 Å². The van der Waals surface area contributed by atoms with E-state index in [2.05, 4.69) is 33.4 Å². The minimum atomic E-state index is 0.711. The fourth-order valence-electron chi connectivity index (χ4n) is 0.536. The molecule has 0 saturated heterocycles. The summed E-state index contributed by atoms with van der Waals surface area (Å²) in [5.74, 6) is 0.995. The number of hydrogen-bond donors (Lipinski definition) is 1. The third kappa shape index (κ3) is 5.16. The molecular weight excluding hydrogens is 148 g/mol. The maximum atomic E-state index is 4.21. The van der Waals surface area contributed by atoms with Gasteiger partial charge in [-0.2, -0.15) is 24.4 Å². The summed E-state index contributed by atoms with van der Waals surface area (Å²) in [5, 5.41) is 1.51. The van der Waals surface area contributed by atoms with Crippen LogP contribution in [0.5, 0.6) is 0 Å². The third-order valence-corrected chi connectivity index (χ3v) is 3.52. The van der Waals surface area contributed by atoms with Gasteiger partial charge in [0.1, 0.15) is 0 Å². The van der Waals surface area contributed by atoms with Crippen molar-refractivity contribution in [3.63, 3.8) is 0 Å². The van der Waals surface area contributed by atoms with Gasteiger partial charge in [-0.3, -0.25) is 0 Å². The quantitative estimate of drug-likeness (QED) is 0.623. The Bertz CT molecular complexity index is 55.9. The Morgan fingerprint density at radius 1 is 1.33 bits per heavy atom. The molecular formula is C7H16S2. The van der Waals surface area contributed by atoms with Crippen LogP contribution in [-0.2, 0) is 0 Å². The number of thiol groups is 1. The molecule has 0 aromatic rings. The minimum absolute atomic E-state index is 0.711. The molecule has 56 valence electrons. The van der Waals surface area contributed by atoms with Crippen LogP contribution in [0.15, 0.2) is 0 Å². The van der Waals surface area contributed by atoms with E-state index >= 15 is 0 Å². The van der Waals surface area contributed by atoms with Crippen LogP contribution in [0.3, 0.4) is 0 Å². The van der Waals surface area contributed by atoms with Crippen LogP contribution in [0.4, 0.5) is 0 Å². The molecule has 0 fully saturated rings. The van der Waals surface area contributed by atoms with E-state index in [-0.39, 0.29) is 0 Å². The van der Waals surface area contributed by atoms with Crippen LogP contribution >= 0.6 is 24.4 Å². The molecule has 0 N–H and O–H groups in total. The Hall–Kier alpha value is 0.700. The molecule has 2 atom stereocenters. The summed E-state index contributed by atoms with van der Waals surface area (Å²) >= 11 is 6.23. The molecule has 0 rings (SSSR count). The summed E-state index contributed by atoms with van der Waals surface area (Å²) in [6.07, 6.45) is 1.27. The van der Waals surface area contributed by atoms with Crippen molar-refractivity contribution >= 4 is 24.4 Å². The Morgan fingerprint density at radius 2 is 1.89 bits per heavy atom. The first-order chi connectivity index (χ1) is 4.20. The molecule has 0 heterocycles. The third-order valence-electron chi connectivity index (χ3n) is 1.30. The van der Waals surface area contributed by atoms with E-state index in [1.54, 1.807) is 0 Å². The van der Waals surface area contributed by atoms with Gasteiger partial charge in [0, 0.05) is 16.3 Å². The van der Waals surface area contributed by atoms with Crippen molar-refractivity contribution in [2.75, 3.05) is 5.75 Å². The number of thioether (sulfide) groups is 1. The predicted octanol–water partition coefficient (Wildman–Crippen LogP) is 2.84. The maximum absolute atomic E-state index is 4.21. The van der Waals surface area contributed by atoms with Crippen LogP contribution in [0.1, 0.15) is 27.2 Å². The smallest absolute Gasteiger partial charge is 0.0110 e. The van der Waals surface area contributed by atoms with Gasteiger partial charge in [0.25, 0.3) is 0 Å². The largest absolute Gasteiger partial charge is 0.178 e. The molecule has 0 saturated carbocycles. The molecule has 2 heteroatoms. The molecule has 0 radical (unpaired) electrons. The first-order valence-electron chi connectivity index (χ1n) is 3.47. The monoisotopic (exact) mass is 164 g/mol. The fraction of sp³-hybridized carbons (Fsp3) is 1.00. The van der Waals surface area contributed by atoms with Crippen LogP contribution in [-0.4, -0.2) is 16.3 Å². The lowest BCUT2D eigenvalue weighted by Crippen LogP contribution is -2.04. The van der Waals surface area contributed by atoms with Gasteiger partial charge < -0.3 is 0 Å². The standard InChI is InChI=1S/C7H16S2/c1-4-6(2)9-7(3)5-8/h6-8H,4-5H2,1-3H3. The highest BCUT2D eigenvalue weighted by Crippen LogP contribution is 2.19. The molecule has 0 aromatic heterocycles. The normalized spacial score (nSPS) is 17.3. The molecule has 0 aliphatic heterocycles. The zero-order chi connectivity index (χ0) is 7.28. The van der Waals surface area contributed by atoms with E-state index in [4.69, 9.17) is 0 Å². The van der Waals surface area contributed by atoms with Gasteiger partial charge in [-0.05, 0) is 6.42 Å². The molecule has 9 heavy (non-hydrogen) atoms. The van der Waals surface area contributed by atoms with Crippen molar-refractivity contribution < 1.29 is 0 Å². The summed E-state index contributed by atoms with van der Waals surface area (Å²) in [6.45, 7) is 6.72. The van der Waals surface area contributed by atoms with Crippen LogP contribution in [0.2, 0.25) is 0 Å². The first-order valence-corrected chi connectivity index (χ1v) is 5.04. The zero-order valence-electron chi connectivity index (χ0n) is 6.42. The molecule has 2 unspecified atom stereocenters. The van der Waals surface area contributed by atoms with Gasteiger partial charge in [0.2, 0.25) is 0 Å². The zero-order valence-corrected chi connectivity index (χ0v) is 8.14. The second-order valence-corrected chi connectivity index (χ2v) is 4.59. The average Bonchev–Trinajstić information content (AvgIpc) is 1.87. The number of rotatable bonds is 4. The Balaban J connectivity index is 3.22. The topological polar surface area (TPSA) is 0 Å². The average molecular weight is 164 g/mol. The molecule has 0 aliphatic rings. The number of hydrogen-bond acceptors (Lipinski definition) is 2. The summed E-state index contributed by atoms with van der Waals surface area (Å²) < 4.78 is 0. The highest BCUT2D eigenvalue weighted by atomic mass is 32.2. The fourth-order valence-corrected chi connectivity index (χ4v) is 1.87. The van der Waals surface area contributed by atoms with E-state index in [1.807, 2.05) is 11.8 Å². The molecule has 0 aliphatic carbocycles. The van der Waals surface area contributed by atoms with Gasteiger partial charge in [-0.15, -0.1) is 0 Å². The van der Waals surface area contributed by atoms with Gasteiger partial charge in [0.15, 0.2) is 0 Å². The van der Waals surface area contributed by atoms with Crippen molar-refractivity contribution in [1.29, 1.82) is 0 Å². The minimum Gasteiger partial charge on any atom is -0.178 e. The predicted molar refractivity (Wildman–Crippen MR) is 50.7 cm³/mol. The Morgan fingerprint density at radius 3 is 2.22 bits per heavy atom. The van der Waals surface area contributed by atoms with E-state index in [9.17, 15) is 0 Å². The molecule has 0 spiro atoms. The van der Waals surface area contributed by atoms with Crippen LogP contribution in [0, 0.1) is 0 Å². The summed E-state index contributed by atoms with van der Waals surface area (Å²) in [7, 11) is 0. The van der Waals surface area contributed by atoms with E-state index in [0.717, 1.165) is 11.0 Å². The molecule has 0 nitrogen and oxygen atoms in total. The van der Waals surface area contributed by atoms with Crippen LogP contribution in [0.25, 0.3) is 0 Å². The van der Waals surface area contributed by atoms with E-state index < -0.39 is 0 Å². The Kier molecular flexibility index (Phi) is 5.91. The second-order valence-electron chi connectivity index (χ2n) is 2.35. The van der Waals surface area contributed by atoms with Gasteiger partial charge in [-0.1, -0.05) is 20.8 Å². The lowest BCUT2D eigenvalue weighted by molar-refractivity contribution is 0.897. The van der Waals surface area contributed by atoms with Gasteiger partial charge in [0.05, 0.1) is 0 Å². The summed E-state index contributed by atoms with van der Waals surface area (Å²) in [4.78, 5) is 0. The second kappa shape index (κ2) is 5.48. The van der Waals surface area contributed by atoms with Gasteiger partial charge in [-0.25, -0.2) is 0 Å². The van der Waals surface area contributed by atoms with E-state index in [0.29, 0.717) is 5.25 Å². The lowest BCUT2D eigenvalue weighted by Gasteiger charge is -2.12. The first kappa shape index (κ1) is 9.70. The highest BCUT2D eigenvalue weighted by molar-refractivity contribution is 8.01. The van der Waals surface area contributed by atoms with Crippen molar-refractivity contribution in [2.24, 2.45) is 0 Å². The van der Waals surface area contributed by atoms with Crippen molar-refractivity contribution in [3.05, 3.63) is 0 Å². The Labute approximate surface area is 68.2 Å². The SMILES string of the molecule is CCC(C)SC(C)CS. The molecule has 0 bridgehead atoms. The lowest BCUT2D eigenvalue weighted by atomic mass is 10.4. The van der Waals surface area contributed by atoms with Crippen molar-refractivity contribution in [3.8, 4) is 0 Å². The van der Waals surface area contributed by atoms with Crippen LogP contribution < -0.4 is 0 Å². The van der Waals surface area contributed by atoms with Crippen molar-refractivity contribution in [1.82, 2.24) is 0 Å². The van der Waals surface area contributed by atoms with Crippen molar-refractivity contribution in [2.45, 2.75) is 37.7 Å². The highest BCUT2D eigenvalue weighted by Gasteiger charge is 2.04. The molecule has 0 aromatic carbocycles. The summed E-state index contributed by atoms with van der Waals surface area (Å²) in [6, 6.07) is 0. The summed E-state index contributed by atoms with van der Waals surface area (Å²) in [5.41, 5.74) is 0. The van der Waals surface area contributed by atoms with Gasteiger partial charge >= 0.3 is 0 Å². The maximum Gasteiger partial charge on any atom is 0.0110 e. The molecule has 0 amide bonds.